The molecule has 0 aromatic heterocycles. The highest BCUT2D eigenvalue weighted by atomic mass is 16.2. The van der Waals surface area contributed by atoms with Crippen LogP contribution in [0.5, 0.6) is 0 Å². The van der Waals surface area contributed by atoms with E-state index in [1.807, 2.05) is 4.90 Å². The van der Waals surface area contributed by atoms with Gasteiger partial charge in [-0.05, 0) is 12.8 Å². The van der Waals surface area contributed by atoms with Crippen molar-refractivity contribution in [3.8, 4) is 0 Å². The maximum absolute atomic E-state index is 12.8. The Morgan fingerprint density at radius 2 is 1.75 bits per heavy atom. The second-order valence-corrected chi connectivity index (χ2v) is 6.17. The van der Waals surface area contributed by atoms with Gasteiger partial charge in [-0.15, -0.1) is 0 Å². The van der Waals surface area contributed by atoms with Gasteiger partial charge in [0.05, 0.1) is 0 Å². The molecule has 1 saturated heterocycles. The molecule has 1 aliphatic heterocycles. The minimum atomic E-state index is -0.325. The van der Waals surface area contributed by atoms with Crippen molar-refractivity contribution in [2.75, 3.05) is 33.7 Å². The molecule has 114 valence electrons. The Hall–Kier alpha value is -1.10. The highest BCUT2D eigenvalue weighted by Crippen LogP contribution is 2.25. The van der Waals surface area contributed by atoms with Crippen molar-refractivity contribution < 1.29 is 9.59 Å². The molecular formula is C15H27N3O2. The van der Waals surface area contributed by atoms with Crippen molar-refractivity contribution in [1.29, 1.82) is 0 Å². The Morgan fingerprint density at radius 3 is 2.35 bits per heavy atom. The third-order valence-electron chi connectivity index (χ3n) is 4.46. The van der Waals surface area contributed by atoms with Crippen LogP contribution in [-0.2, 0) is 9.59 Å². The lowest BCUT2D eigenvalue weighted by atomic mass is 9.97. The Morgan fingerprint density at radius 1 is 1.10 bits per heavy atom. The van der Waals surface area contributed by atoms with Crippen LogP contribution in [0.25, 0.3) is 0 Å². The molecule has 0 bridgehead atoms. The zero-order valence-corrected chi connectivity index (χ0v) is 12.7. The lowest BCUT2D eigenvalue weighted by Crippen LogP contribution is -2.60. The summed E-state index contributed by atoms with van der Waals surface area (Å²) in [6, 6.07) is -0.325. The van der Waals surface area contributed by atoms with Crippen molar-refractivity contribution in [2.45, 2.75) is 44.6 Å². The summed E-state index contributed by atoms with van der Waals surface area (Å²) in [6.45, 7) is 2.02. The Kier molecular flexibility index (Phi) is 5.40. The summed E-state index contributed by atoms with van der Waals surface area (Å²) >= 11 is 0. The van der Waals surface area contributed by atoms with E-state index in [4.69, 9.17) is 0 Å². The highest BCUT2D eigenvalue weighted by Gasteiger charge is 2.35. The first-order valence-electron chi connectivity index (χ1n) is 7.83. The second-order valence-electron chi connectivity index (χ2n) is 6.17. The van der Waals surface area contributed by atoms with Crippen LogP contribution < -0.4 is 5.32 Å². The van der Waals surface area contributed by atoms with E-state index >= 15 is 0 Å². The Labute approximate surface area is 121 Å². The fourth-order valence-electron chi connectivity index (χ4n) is 3.25. The molecular weight excluding hydrogens is 254 g/mol. The van der Waals surface area contributed by atoms with Crippen molar-refractivity contribution in [3.63, 3.8) is 0 Å². The van der Waals surface area contributed by atoms with E-state index < -0.39 is 0 Å². The van der Waals surface area contributed by atoms with Gasteiger partial charge in [0.1, 0.15) is 6.04 Å². The standard InChI is InChI=1S/C15H27N3O2/c1-17(2)15(20)13-11-16-9-10-18(13)14(19)12-7-5-3-4-6-8-12/h12-13,16H,3-11H2,1-2H3. The lowest BCUT2D eigenvalue weighted by molar-refractivity contribution is -0.148. The molecule has 0 aromatic rings. The van der Waals surface area contributed by atoms with Crippen LogP contribution in [0.1, 0.15) is 38.5 Å². The predicted octanol–water partition coefficient (Wildman–Crippen LogP) is 0.845. The minimum Gasteiger partial charge on any atom is -0.347 e. The number of hydrogen-bond donors (Lipinski definition) is 1. The number of piperazine rings is 1. The first kappa shape index (κ1) is 15.3. The highest BCUT2D eigenvalue weighted by molar-refractivity contribution is 5.88. The van der Waals surface area contributed by atoms with E-state index in [0.717, 1.165) is 32.2 Å². The average Bonchev–Trinajstić information content (AvgIpc) is 2.74. The zero-order valence-electron chi connectivity index (χ0n) is 12.7. The van der Waals surface area contributed by atoms with E-state index in [-0.39, 0.29) is 23.8 Å². The van der Waals surface area contributed by atoms with Crippen LogP contribution in [0.4, 0.5) is 0 Å². The van der Waals surface area contributed by atoms with Gasteiger partial charge in [-0.25, -0.2) is 0 Å². The summed E-state index contributed by atoms with van der Waals surface area (Å²) < 4.78 is 0. The molecule has 2 rings (SSSR count). The summed E-state index contributed by atoms with van der Waals surface area (Å²) in [7, 11) is 3.51. The van der Waals surface area contributed by atoms with E-state index in [1.165, 1.54) is 12.8 Å². The molecule has 5 heteroatoms. The SMILES string of the molecule is CN(C)C(=O)C1CNCCN1C(=O)C1CCCCCC1. The number of amides is 2. The van der Waals surface area contributed by atoms with Gasteiger partial charge in [-0.2, -0.15) is 0 Å². The molecule has 0 radical (unpaired) electrons. The Balaban J connectivity index is 2.06. The maximum atomic E-state index is 12.8. The van der Waals surface area contributed by atoms with Gasteiger partial charge in [0.25, 0.3) is 0 Å². The van der Waals surface area contributed by atoms with Crippen LogP contribution in [0.3, 0.4) is 0 Å². The van der Waals surface area contributed by atoms with Gasteiger partial charge >= 0.3 is 0 Å². The van der Waals surface area contributed by atoms with E-state index in [1.54, 1.807) is 19.0 Å². The quantitative estimate of drug-likeness (QED) is 0.763. The molecule has 20 heavy (non-hydrogen) atoms. The molecule has 0 aromatic carbocycles. The van der Waals surface area contributed by atoms with Crippen molar-refractivity contribution in [1.82, 2.24) is 15.1 Å². The van der Waals surface area contributed by atoms with E-state index in [2.05, 4.69) is 5.32 Å². The summed E-state index contributed by atoms with van der Waals surface area (Å²) in [4.78, 5) is 28.4. The third kappa shape index (κ3) is 3.51. The maximum Gasteiger partial charge on any atom is 0.246 e. The molecule has 2 aliphatic rings. The van der Waals surface area contributed by atoms with Gasteiger partial charge in [0, 0.05) is 39.6 Å². The number of likely N-dealkylation sites (N-methyl/N-ethyl adjacent to an activating group) is 1. The number of nitrogens with one attached hydrogen (secondary N) is 1. The van der Waals surface area contributed by atoms with Gasteiger partial charge in [-0.3, -0.25) is 9.59 Å². The Bertz CT molecular complexity index is 349. The molecule has 2 fully saturated rings. The number of rotatable bonds is 2. The fourth-order valence-corrected chi connectivity index (χ4v) is 3.25. The van der Waals surface area contributed by atoms with Gasteiger partial charge in [0.15, 0.2) is 0 Å². The average molecular weight is 281 g/mol. The van der Waals surface area contributed by atoms with Crippen LogP contribution >= 0.6 is 0 Å². The molecule has 1 N–H and O–H groups in total. The largest absolute Gasteiger partial charge is 0.347 e. The smallest absolute Gasteiger partial charge is 0.246 e. The molecule has 5 nitrogen and oxygen atoms in total. The summed E-state index contributed by atoms with van der Waals surface area (Å²) in [5.41, 5.74) is 0. The number of nitrogens with zero attached hydrogens (tertiary/aromatic N) is 2. The summed E-state index contributed by atoms with van der Waals surface area (Å²) in [5, 5.41) is 3.23. The minimum absolute atomic E-state index is 0.0270. The fraction of sp³-hybridized carbons (Fsp3) is 0.867. The molecule has 1 saturated carbocycles. The molecule has 1 aliphatic carbocycles. The van der Waals surface area contributed by atoms with Crippen LogP contribution in [0, 0.1) is 5.92 Å². The number of carbonyl (C=O) groups excluding carboxylic acids is 2. The zero-order chi connectivity index (χ0) is 14.5. The van der Waals surface area contributed by atoms with Crippen LogP contribution in [0.15, 0.2) is 0 Å². The summed E-state index contributed by atoms with van der Waals surface area (Å²) in [5.74, 6) is 0.362. The van der Waals surface area contributed by atoms with E-state index in [0.29, 0.717) is 13.1 Å². The van der Waals surface area contributed by atoms with Gasteiger partial charge in [-0.1, -0.05) is 25.7 Å². The topological polar surface area (TPSA) is 52.7 Å². The third-order valence-corrected chi connectivity index (χ3v) is 4.46. The second kappa shape index (κ2) is 7.07. The molecule has 1 heterocycles. The van der Waals surface area contributed by atoms with Crippen molar-refractivity contribution in [3.05, 3.63) is 0 Å². The number of carbonyl (C=O) groups is 2. The van der Waals surface area contributed by atoms with Gasteiger partial charge in [0.2, 0.25) is 11.8 Å². The van der Waals surface area contributed by atoms with Crippen LogP contribution in [0.2, 0.25) is 0 Å². The monoisotopic (exact) mass is 281 g/mol. The van der Waals surface area contributed by atoms with Gasteiger partial charge < -0.3 is 15.1 Å². The molecule has 1 atom stereocenters. The lowest BCUT2D eigenvalue weighted by Gasteiger charge is -2.38. The molecule has 1 unspecified atom stereocenters. The molecule has 0 spiro atoms. The van der Waals surface area contributed by atoms with Crippen LogP contribution in [-0.4, -0.2) is 61.4 Å². The van der Waals surface area contributed by atoms with Crippen molar-refractivity contribution in [2.24, 2.45) is 5.92 Å². The van der Waals surface area contributed by atoms with E-state index in [9.17, 15) is 9.59 Å². The first-order valence-corrected chi connectivity index (χ1v) is 7.83. The van der Waals surface area contributed by atoms with Crippen molar-refractivity contribution >= 4 is 11.8 Å². The molecule has 2 amide bonds. The predicted molar refractivity (Wildman–Crippen MR) is 78.3 cm³/mol. The number of hydrogen-bond acceptors (Lipinski definition) is 3. The first-order chi connectivity index (χ1) is 9.61. The normalized spacial score (nSPS) is 25.1. The summed E-state index contributed by atoms with van der Waals surface area (Å²) in [6.07, 6.45) is 6.76.